The monoisotopic (exact) mass is 762 g/mol. The fraction of sp³-hybridized carbons (Fsp3) is 0.457. The van der Waals surface area contributed by atoms with Crippen LogP contribution in [0.1, 0.15) is 38.8 Å². The maximum atomic E-state index is 14.1. The Morgan fingerprint density at radius 3 is 2.09 bits per heavy atom. The second-order valence-electron chi connectivity index (χ2n) is 12.8. The molecule has 0 radical (unpaired) electrons. The Morgan fingerprint density at radius 2 is 1.59 bits per heavy atom. The maximum Gasteiger partial charge on any atom is 0.490 e. The van der Waals surface area contributed by atoms with Crippen LogP contribution in [-0.2, 0) is 30.4 Å². The van der Waals surface area contributed by atoms with E-state index in [2.05, 4.69) is 26.3 Å². The van der Waals surface area contributed by atoms with E-state index in [1.165, 1.54) is 4.90 Å². The number of nitrogens with zero attached hydrogens (tertiary/aromatic N) is 4. The highest BCUT2D eigenvalue weighted by Crippen LogP contribution is 2.32. The average molecular weight is 763 g/mol. The van der Waals surface area contributed by atoms with Crippen LogP contribution in [-0.4, -0.2) is 113 Å². The summed E-state index contributed by atoms with van der Waals surface area (Å²) in [5.41, 5.74) is 7.77. The lowest BCUT2D eigenvalue weighted by molar-refractivity contribution is -0.192. The minimum Gasteiger partial charge on any atom is -0.497 e. The number of aromatic nitrogens is 3. The van der Waals surface area contributed by atoms with Crippen LogP contribution in [0, 0.1) is 5.92 Å². The van der Waals surface area contributed by atoms with Gasteiger partial charge in [-0.05, 0) is 37.6 Å². The van der Waals surface area contributed by atoms with Gasteiger partial charge in [-0.3, -0.25) is 19.2 Å². The molecule has 54 heavy (non-hydrogen) atoms. The fourth-order valence-corrected chi connectivity index (χ4v) is 5.48. The maximum absolute atomic E-state index is 14.1. The Balaban J connectivity index is 0.00000102. The number of ether oxygens (including phenoxy) is 2. The summed E-state index contributed by atoms with van der Waals surface area (Å²) in [4.78, 5) is 63.6. The third-order valence-electron chi connectivity index (χ3n) is 8.64. The molecule has 0 bridgehead atoms. The molecule has 5 atom stereocenters. The van der Waals surface area contributed by atoms with Crippen LogP contribution in [0.2, 0.25) is 0 Å². The smallest absolute Gasteiger partial charge is 0.490 e. The number of carboxylic acid groups (broad SMARTS) is 1. The lowest BCUT2D eigenvalue weighted by Gasteiger charge is -2.31. The molecule has 1 fully saturated rings. The van der Waals surface area contributed by atoms with E-state index in [0.717, 1.165) is 5.56 Å². The lowest BCUT2D eigenvalue weighted by Crippen LogP contribution is -2.58. The SMILES string of the molecule is CN[C@@H](C)C(=O)N[C@H](C(=O)N1C[C@@H](n2cc(-c3cc(OC)cc(OC)c3)nn2)C[C@H]1C(=O)N[C@@H](Cc1ccccc1)C(N)=O)C(C)C.O=C(O)C(F)(F)F. The first-order valence-corrected chi connectivity index (χ1v) is 16.8. The summed E-state index contributed by atoms with van der Waals surface area (Å²) < 4.78 is 44.1. The summed E-state index contributed by atoms with van der Waals surface area (Å²) in [5, 5.41) is 24.3. The summed E-state index contributed by atoms with van der Waals surface area (Å²) in [7, 11) is 4.76. The van der Waals surface area contributed by atoms with Crippen molar-refractivity contribution in [2.75, 3.05) is 27.8 Å². The number of benzene rings is 2. The van der Waals surface area contributed by atoms with Gasteiger partial charge in [-0.2, -0.15) is 13.2 Å². The van der Waals surface area contributed by atoms with Gasteiger partial charge >= 0.3 is 12.1 Å². The number of alkyl halides is 3. The van der Waals surface area contributed by atoms with Crippen molar-refractivity contribution in [1.82, 2.24) is 35.8 Å². The molecule has 4 rings (SSSR count). The number of carbonyl (C=O) groups excluding carboxylic acids is 4. The zero-order chi connectivity index (χ0) is 40.3. The molecular formula is C35H45F3N8O8. The molecule has 2 heterocycles. The number of hydrogen-bond acceptors (Lipinski definition) is 10. The molecule has 6 N–H and O–H groups in total. The van der Waals surface area contributed by atoms with Gasteiger partial charge in [-0.15, -0.1) is 5.10 Å². The van der Waals surface area contributed by atoms with Gasteiger partial charge in [0.2, 0.25) is 23.6 Å². The van der Waals surface area contributed by atoms with Gasteiger partial charge in [0.1, 0.15) is 35.3 Å². The number of amides is 4. The number of likely N-dealkylation sites (tertiary alicyclic amines) is 1. The molecule has 294 valence electrons. The highest BCUT2D eigenvalue weighted by Gasteiger charge is 2.44. The minimum absolute atomic E-state index is 0.113. The summed E-state index contributed by atoms with van der Waals surface area (Å²) in [6.07, 6.45) is -2.97. The van der Waals surface area contributed by atoms with Crippen molar-refractivity contribution in [3.05, 3.63) is 60.3 Å². The summed E-state index contributed by atoms with van der Waals surface area (Å²) in [6.45, 7) is 5.45. The van der Waals surface area contributed by atoms with Crippen LogP contribution in [0.25, 0.3) is 11.3 Å². The van der Waals surface area contributed by atoms with Crippen molar-refractivity contribution in [2.45, 2.75) is 70.0 Å². The first kappa shape index (κ1) is 42.7. The number of likely N-dealkylation sites (N-methyl/N-ethyl adjacent to an activating group) is 1. The van der Waals surface area contributed by atoms with Crippen molar-refractivity contribution >= 4 is 29.6 Å². The number of hydrogen-bond donors (Lipinski definition) is 5. The molecule has 3 aromatic rings. The molecule has 1 aromatic heterocycles. The van der Waals surface area contributed by atoms with Crippen LogP contribution >= 0.6 is 0 Å². The second kappa shape index (κ2) is 18.9. The van der Waals surface area contributed by atoms with Crippen LogP contribution < -0.4 is 31.2 Å². The zero-order valence-corrected chi connectivity index (χ0v) is 30.6. The average Bonchev–Trinajstić information content (AvgIpc) is 3.81. The van der Waals surface area contributed by atoms with Crippen molar-refractivity contribution in [3.8, 4) is 22.8 Å². The first-order valence-electron chi connectivity index (χ1n) is 16.8. The Hall–Kier alpha value is -5.72. The normalized spacial score (nSPS) is 17.0. The van der Waals surface area contributed by atoms with E-state index in [0.29, 0.717) is 22.8 Å². The number of primary amides is 1. The molecule has 1 saturated heterocycles. The number of aliphatic carboxylic acids is 1. The molecular weight excluding hydrogens is 717 g/mol. The molecule has 19 heteroatoms. The molecule has 0 spiro atoms. The predicted molar refractivity (Wildman–Crippen MR) is 188 cm³/mol. The Labute approximate surface area is 309 Å². The van der Waals surface area contributed by atoms with E-state index in [4.69, 9.17) is 25.1 Å². The highest BCUT2D eigenvalue weighted by molar-refractivity contribution is 5.95. The number of methoxy groups -OCH3 is 2. The standard InChI is InChI=1S/C33H44N8O6.C2HF3O2/c1-19(2)29(37-31(43)20(3)35-4)33(45)40-17-23(41-18-27(38-39-41)22-13-24(46-5)16-25(14-22)47-6)15-28(40)32(44)36-26(30(34)42)12-21-10-8-7-9-11-21;3-2(4,5)1(6)7/h7-11,13-14,16,18-20,23,26,28-29,35H,12,15,17H2,1-6H3,(H2,34,42)(H,36,44)(H,37,43);(H,6,7)/t20-,23-,26-,28-,29-;/m0./s1. The van der Waals surface area contributed by atoms with Crippen molar-refractivity contribution in [1.29, 1.82) is 0 Å². The summed E-state index contributed by atoms with van der Waals surface area (Å²) in [5.74, 6) is -3.87. The van der Waals surface area contributed by atoms with Gasteiger partial charge in [-0.25, -0.2) is 9.48 Å². The van der Waals surface area contributed by atoms with Crippen molar-refractivity contribution in [2.24, 2.45) is 11.7 Å². The van der Waals surface area contributed by atoms with Gasteiger partial charge in [0, 0.05) is 31.0 Å². The third-order valence-corrected chi connectivity index (χ3v) is 8.64. The van der Waals surface area contributed by atoms with E-state index < -0.39 is 60.1 Å². The van der Waals surface area contributed by atoms with Crippen molar-refractivity contribution in [3.63, 3.8) is 0 Å². The molecule has 16 nitrogen and oxygen atoms in total. The van der Waals surface area contributed by atoms with Gasteiger partial charge in [0.25, 0.3) is 0 Å². The zero-order valence-electron chi connectivity index (χ0n) is 30.6. The number of carboxylic acids is 1. The van der Waals surface area contributed by atoms with Crippen molar-refractivity contribution < 1.29 is 51.7 Å². The van der Waals surface area contributed by atoms with Crippen LogP contribution in [0.4, 0.5) is 13.2 Å². The van der Waals surface area contributed by atoms with Crippen LogP contribution in [0.5, 0.6) is 11.5 Å². The quantitative estimate of drug-likeness (QED) is 0.159. The molecule has 0 saturated carbocycles. The number of carbonyl (C=O) groups is 5. The lowest BCUT2D eigenvalue weighted by atomic mass is 10.0. The molecule has 0 aliphatic carbocycles. The summed E-state index contributed by atoms with van der Waals surface area (Å²) in [6, 6.07) is 10.7. The van der Waals surface area contributed by atoms with E-state index in [1.807, 2.05) is 44.2 Å². The van der Waals surface area contributed by atoms with Gasteiger partial charge < -0.3 is 41.2 Å². The number of nitrogens with one attached hydrogen (secondary N) is 3. The molecule has 1 aliphatic heterocycles. The van der Waals surface area contributed by atoms with E-state index in [-0.39, 0.29) is 31.2 Å². The Kier molecular flexibility index (Phi) is 14.9. The number of nitrogens with two attached hydrogens (primary N) is 1. The summed E-state index contributed by atoms with van der Waals surface area (Å²) >= 11 is 0. The molecule has 1 aliphatic rings. The van der Waals surface area contributed by atoms with Gasteiger partial charge in [-0.1, -0.05) is 49.4 Å². The molecule has 0 unspecified atom stereocenters. The van der Waals surface area contributed by atoms with E-state index >= 15 is 0 Å². The molecule has 4 amide bonds. The predicted octanol–water partition coefficient (Wildman–Crippen LogP) is 1.70. The van der Waals surface area contributed by atoms with E-state index in [9.17, 15) is 32.3 Å². The number of rotatable bonds is 14. The number of halogens is 3. The van der Waals surface area contributed by atoms with Gasteiger partial charge in [0.15, 0.2) is 0 Å². The Morgan fingerprint density at radius 1 is 1.00 bits per heavy atom. The second-order valence-corrected chi connectivity index (χ2v) is 12.8. The fourth-order valence-electron chi connectivity index (χ4n) is 5.48. The first-order chi connectivity index (χ1) is 25.4. The molecule has 2 aromatic carbocycles. The van der Waals surface area contributed by atoms with E-state index in [1.54, 1.807) is 57.3 Å². The largest absolute Gasteiger partial charge is 0.497 e. The third kappa shape index (κ3) is 11.4. The van der Waals surface area contributed by atoms with Crippen LogP contribution in [0.15, 0.2) is 54.7 Å². The minimum atomic E-state index is -5.08. The highest BCUT2D eigenvalue weighted by atomic mass is 19.4. The topological polar surface area (TPSA) is 220 Å². The Bertz CT molecular complexity index is 1750. The van der Waals surface area contributed by atoms with Crippen LogP contribution in [0.3, 0.4) is 0 Å². The van der Waals surface area contributed by atoms with Gasteiger partial charge in [0.05, 0.1) is 32.5 Å².